The van der Waals surface area contributed by atoms with Gasteiger partial charge in [-0.1, -0.05) is 0 Å². The third-order valence-electron chi connectivity index (χ3n) is 2.79. The fourth-order valence-corrected chi connectivity index (χ4v) is 2.64. The van der Waals surface area contributed by atoms with E-state index in [0.29, 0.717) is 19.3 Å². The normalized spacial score (nSPS) is 25.4. The van der Waals surface area contributed by atoms with Gasteiger partial charge in [0.15, 0.2) is 0 Å². The number of hydrogen-bond acceptors (Lipinski definition) is 3. The molecule has 0 bridgehead atoms. The lowest BCUT2D eigenvalue weighted by Crippen LogP contribution is -2.59. The van der Waals surface area contributed by atoms with Crippen LogP contribution in [0.3, 0.4) is 0 Å². The summed E-state index contributed by atoms with van der Waals surface area (Å²) in [6.07, 6.45) is 2.49. The average Bonchev–Trinajstić information content (AvgIpc) is 1.98. The summed E-state index contributed by atoms with van der Waals surface area (Å²) in [5.41, 5.74) is 0.332. The Hall–Kier alpha value is -0.120. The summed E-state index contributed by atoms with van der Waals surface area (Å²) in [7, 11) is 1.71. The van der Waals surface area contributed by atoms with Gasteiger partial charge in [-0.3, -0.25) is 0 Å². The predicted molar refractivity (Wildman–Crippen MR) is 62.1 cm³/mol. The second-order valence-corrected chi connectivity index (χ2v) is 5.79. The molecule has 0 amide bonds. The van der Waals surface area contributed by atoms with Gasteiger partial charge in [0, 0.05) is 18.2 Å². The van der Waals surface area contributed by atoms with Crippen molar-refractivity contribution in [3.8, 4) is 0 Å². The van der Waals surface area contributed by atoms with Crippen molar-refractivity contribution in [3.05, 3.63) is 0 Å². The maximum Gasteiger partial charge on any atom is 0.0704 e. The van der Waals surface area contributed by atoms with Crippen LogP contribution in [0.4, 0.5) is 0 Å². The van der Waals surface area contributed by atoms with Crippen LogP contribution in [0.5, 0.6) is 0 Å². The number of hydrogen-bond donors (Lipinski definition) is 1. The minimum absolute atomic E-state index is 0.166. The van der Waals surface area contributed by atoms with Gasteiger partial charge in [0.25, 0.3) is 0 Å². The Balaban J connectivity index is 2.44. The van der Waals surface area contributed by atoms with Crippen molar-refractivity contribution in [1.29, 1.82) is 0 Å². The Labute approximate surface area is 93.5 Å². The molecule has 0 saturated carbocycles. The number of nitrogens with one attached hydrogen (secondary N) is 1. The van der Waals surface area contributed by atoms with Gasteiger partial charge in [-0.05, 0) is 40.5 Å². The van der Waals surface area contributed by atoms with Crippen molar-refractivity contribution in [3.63, 3.8) is 0 Å². The molecule has 3 nitrogen and oxygen atoms in total. The second-order valence-electron chi connectivity index (χ2n) is 5.79. The zero-order valence-corrected chi connectivity index (χ0v) is 10.7. The fourth-order valence-electron chi connectivity index (χ4n) is 2.64. The molecule has 0 spiro atoms. The van der Waals surface area contributed by atoms with E-state index >= 15 is 0 Å². The molecule has 1 saturated heterocycles. The predicted octanol–water partition coefficient (Wildman–Crippen LogP) is 1.96. The van der Waals surface area contributed by atoms with Gasteiger partial charge in [0.05, 0.1) is 19.3 Å². The summed E-state index contributed by atoms with van der Waals surface area (Å²) < 4.78 is 10.8. The lowest BCUT2D eigenvalue weighted by Gasteiger charge is -2.46. The quantitative estimate of drug-likeness (QED) is 0.727. The summed E-state index contributed by atoms with van der Waals surface area (Å²) in [5.74, 6) is 0. The zero-order chi connectivity index (χ0) is 11.5. The molecule has 0 aliphatic carbocycles. The summed E-state index contributed by atoms with van der Waals surface area (Å²) >= 11 is 0. The molecule has 1 fully saturated rings. The standard InChI is InChI=1S/C12H25NO2/c1-11(2)8-10(15-7-6-14-5)9-12(3,4)13-11/h10,13H,6-9H2,1-5H3. The fraction of sp³-hybridized carbons (Fsp3) is 1.00. The molecular weight excluding hydrogens is 190 g/mol. The van der Waals surface area contributed by atoms with Gasteiger partial charge >= 0.3 is 0 Å². The highest BCUT2D eigenvalue weighted by molar-refractivity contribution is 4.97. The minimum atomic E-state index is 0.166. The Morgan fingerprint density at radius 1 is 1.07 bits per heavy atom. The largest absolute Gasteiger partial charge is 0.382 e. The van der Waals surface area contributed by atoms with E-state index < -0.39 is 0 Å². The Bertz CT molecular complexity index is 186. The monoisotopic (exact) mass is 215 g/mol. The molecule has 1 aliphatic rings. The number of rotatable bonds is 4. The van der Waals surface area contributed by atoms with Crippen LogP contribution in [0.25, 0.3) is 0 Å². The zero-order valence-electron chi connectivity index (χ0n) is 10.7. The molecule has 0 aromatic heterocycles. The van der Waals surface area contributed by atoms with E-state index in [0.717, 1.165) is 12.8 Å². The van der Waals surface area contributed by atoms with Crippen molar-refractivity contribution < 1.29 is 9.47 Å². The third kappa shape index (κ3) is 4.49. The van der Waals surface area contributed by atoms with Crippen molar-refractivity contribution in [2.75, 3.05) is 20.3 Å². The molecule has 0 unspecified atom stereocenters. The molecule has 15 heavy (non-hydrogen) atoms. The van der Waals surface area contributed by atoms with Crippen LogP contribution in [-0.2, 0) is 9.47 Å². The van der Waals surface area contributed by atoms with Crippen molar-refractivity contribution in [2.45, 2.75) is 57.7 Å². The van der Waals surface area contributed by atoms with Gasteiger partial charge < -0.3 is 14.8 Å². The van der Waals surface area contributed by atoms with Crippen molar-refractivity contribution in [2.24, 2.45) is 0 Å². The van der Waals surface area contributed by atoms with Gasteiger partial charge in [0.1, 0.15) is 0 Å². The number of ether oxygens (including phenoxy) is 2. The maximum absolute atomic E-state index is 5.83. The maximum atomic E-state index is 5.83. The topological polar surface area (TPSA) is 30.5 Å². The van der Waals surface area contributed by atoms with E-state index in [2.05, 4.69) is 33.0 Å². The Kier molecular flexibility index (Phi) is 4.15. The van der Waals surface area contributed by atoms with E-state index in [-0.39, 0.29) is 11.1 Å². The molecule has 0 atom stereocenters. The van der Waals surface area contributed by atoms with Gasteiger partial charge in [-0.15, -0.1) is 0 Å². The first-order valence-corrected chi connectivity index (χ1v) is 5.74. The van der Waals surface area contributed by atoms with Crippen molar-refractivity contribution >= 4 is 0 Å². The molecular formula is C12H25NO2. The van der Waals surface area contributed by atoms with E-state index in [1.807, 2.05) is 0 Å². The first kappa shape index (κ1) is 12.9. The first-order chi connectivity index (χ1) is 6.85. The molecule has 0 aromatic rings. The summed E-state index contributed by atoms with van der Waals surface area (Å²) in [5, 5.41) is 3.64. The van der Waals surface area contributed by atoms with Crippen LogP contribution in [0.15, 0.2) is 0 Å². The smallest absolute Gasteiger partial charge is 0.0704 e. The third-order valence-corrected chi connectivity index (χ3v) is 2.79. The van der Waals surface area contributed by atoms with Crippen LogP contribution in [-0.4, -0.2) is 37.5 Å². The molecule has 1 aliphatic heterocycles. The van der Waals surface area contributed by atoms with Gasteiger partial charge in [0.2, 0.25) is 0 Å². The molecule has 90 valence electrons. The SMILES string of the molecule is COCCOC1CC(C)(C)NC(C)(C)C1. The average molecular weight is 215 g/mol. The Morgan fingerprint density at radius 3 is 2.07 bits per heavy atom. The number of piperidine rings is 1. The summed E-state index contributed by atoms with van der Waals surface area (Å²) in [6, 6.07) is 0. The minimum Gasteiger partial charge on any atom is -0.382 e. The van der Waals surface area contributed by atoms with E-state index in [1.165, 1.54) is 0 Å². The van der Waals surface area contributed by atoms with Crippen LogP contribution >= 0.6 is 0 Å². The highest BCUT2D eigenvalue weighted by atomic mass is 16.5. The van der Waals surface area contributed by atoms with Crippen molar-refractivity contribution in [1.82, 2.24) is 5.32 Å². The highest BCUT2D eigenvalue weighted by Crippen LogP contribution is 2.30. The van der Waals surface area contributed by atoms with E-state index in [4.69, 9.17) is 9.47 Å². The molecule has 3 heteroatoms. The van der Waals surface area contributed by atoms with Crippen LogP contribution < -0.4 is 5.32 Å². The lowest BCUT2D eigenvalue weighted by atomic mass is 9.81. The molecule has 0 aromatic carbocycles. The second kappa shape index (κ2) is 4.81. The molecule has 1 rings (SSSR count). The first-order valence-electron chi connectivity index (χ1n) is 5.74. The van der Waals surface area contributed by atoms with Gasteiger partial charge in [-0.25, -0.2) is 0 Å². The summed E-state index contributed by atoms with van der Waals surface area (Å²) in [6.45, 7) is 10.3. The van der Waals surface area contributed by atoms with Crippen LogP contribution in [0.2, 0.25) is 0 Å². The molecule has 0 radical (unpaired) electrons. The number of methoxy groups -OCH3 is 1. The molecule has 1 heterocycles. The van der Waals surface area contributed by atoms with Crippen LogP contribution in [0, 0.1) is 0 Å². The lowest BCUT2D eigenvalue weighted by molar-refractivity contribution is -0.0379. The molecule has 1 N–H and O–H groups in total. The summed E-state index contributed by atoms with van der Waals surface area (Å²) in [4.78, 5) is 0. The van der Waals surface area contributed by atoms with E-state index in [1.54, 1.807) is 7.11 Å². The van der Waals surface area contributed by atoms with E-state index in [9.17, 15) is 0 Å². The Morgan fingerprint density at radius 2 is 1.60 bits per heavy atom. The highest BCUT2D eigenvalue weighted by Gasteiger charge is 2.37. The van der Waals surface area contributed by atoms with Gasteiger partial charge in [-0.2, -0.15) is 0 Å². The van der Waals surface area contributed by atoms with Crippen LogP contribution in [0.1, 0.15) is 40.5 Å².